The van der Waals surface area contributed by atoms with Gasteiger partial charge in [0, 0.05) is 27.0 Å². The zero-order chi connectivity index (χ0) is 15.0. The van der Waals surface area contributed by atoms with E-state index in [2.05, 4.69) is 15.9 Å². The monoisotopic (exact) mass is 364 g/mol. The van der Waals surface area contributed by atoms with E-state index < -0.39 is 11.6 Å². The summed E-state index contributed by atoms with van der Waals surface area (Å²) in [5.74, 6) is -0.215. The van der Waals surface area contributed by atoms with Gasteiger partial charge in [0.25, 0.3) is 0 Å². The number of hydrogen-bond acceptors (Lipinski definition) is 5. The van der Waals surface area contributed by atoms with E-state index in [1.807, 2.05) is 11.4 Å². The van der Waals surface area contributed by atoms with Gasteiger partial charge in [-0.25, -0.2) is 4.79 Å². The molecule has 4 nitrogen and oxygen atoms in total. The third kappa shape index (κ3) is 2.77. The molecule has 3 aromatic rings. The zero-order valence-corrected chi connectivity index (χ0v) is 13.3. The molecule has 0 atom stereocenters. The third-order valence-electron chi connectivity index (χ3n) is 2.81. The highest BCUT2D eigenvalue weighted by atomic mass is 79.9. The van der Waals surface area contributed by atoms with Gasteiger partial charge in [-0.15, -0.1) is 11.3 Å². The molecule has 0 saturated heterocycles. The van der Waals surface area contributed by atoms with Crippen molar-refractivity contribution in [1.29, 1.82) is 0 Å². The standard InChI is InChI=1S/C15H9BrO4S/c1-8(17)19-12-4-2-3-9-5-11(15(18)20-14(9)12)13-6-10(16)7-21-13/h2-7H,1H3. The summed E-state index contributed by atoms with van der Waals surface area (Å²) in [5, 5.41) is 2.60. The number of carbonyl (C=O) groups excluding carboxylic acids is 1. The minimum Gasteiger partial charge on any atom is -0.423 e. The van der Waals surface area contributed by atoms with Crippen molar-refractivity contribution in [1.82, 2.24) is 0 Å². The van der Waals surface area contributed by atoms with Crippen molar-refractivity contribution in [3.8, 4) is 16.2 Å². The van der Waals surface area contributed by atoms with Crippen LogP contribution in [0.3, 0.4) is 0 Å². The second-order valence-corrected chi connectivity index (χ2v) is 6.17. The Morgan fingerprint density at radius 3 is 2.81 bits per heavy atom. The number of hydrogen-bond donors (Lipinski definition) is 0. The first-order valence-corrected chi connectivity index (χ1v) is 7.71. The van der Waals surface area contributed by atoms with E-state index in [0.717, 1.165) is 9.35 Å². The van der Waals surface area contributed by atoms with Crippen molar-refractivity contribution >= 4 is 44.2 Å². The average Bonchev–Trinajstić information content (AvgIpc) is 2.85. The highest BCUT2D eigenvalue weighted by molar-refractivity contribution is 9.10. The van der Waals surface area contributed by atoms with Gasteiger partial charge < -0.3 is 9.15 Å². The molecule has 0 spiro atoms. The molecule has 0 aliphatic heterocycles. The third-order valence-corrected chi connectivity index (χ3v) is 4.53. The lowest BCUT2D eigenvalue weighted by Crippen LogP contribution is -2.05. The smallest absolute Gasteiger partial charge is 0.345 e. The van der Waals surface area contributed by atoms with Crippen LogP contribution in [-0.2, 0) is 4.79 Å². The van der Waals surface area contributed by atoms with Gasteiger partial charge in [-0.3, -0.25) is 4.79 Å². The molecule has 0 aliphatic carbocycles. The van der Waals surface area contributed by atoms with Gasteiger partial charge in [0.2, 0.25) is 0 Å². The molecule has 0 bridgehead atoms. The average molecular weight is 365 g/mol. The molecule has 2 aromatic heterocycles. The lowest BCUT2D eigenvalue weighted by atomic mass is 10.1. The Hall–Kier alpha value is -1.92. The molecule has 0 saturated carbocycles. The number of rotatable bonds is 2. The number of benzene rings is 1. The van der Waals surface area contributed by atoms with E-state index in [1.165, 1.54) is 18.3 Å². The highest BCUT2D eigenvalue weighted by Crippen LogP contribution is 2.31. The van der Waals surface area contributed by atoms with Crippen molar-refractivity contribution in [2.75, 3.05) is 0 Å². The largest absolute Gasteiger partial charge is 0.423 e. The second kappa shape index (κ2) is 5.46. The summed E-state index contributed by atoms with van der Waals surface area (Å²) in [6.07, 6.45) is 0. The fourth-order valence-corrected chi connectivity index (χ4v) is 3.41. The van der Waals surface area contributed by atoms with Gasteiger partial charge in [-0.2, -0.15) is 0 Å². The molecular weight excluding hydrogens is 356 g/mol. The van der Waals surface area contributed by atoms with E-state index in [-0.39, 0.29) is 11.3 Å². The van der Waals surface area contributed by atoms with Crippen LogP contribution in [0.5, 0.6) is 5.75 Å². The van der Waals surface area contributed by atoms with E-state index in [1.54, 1.807) is 24.3 Å². The summed E-state index contributed by atoms with van der Waals surface area (Å²) >= 11 is 4.81. The lowest BCUT2D eigenvalue weighted by Gasteiger charge is -2.05. The Labute approximate surface area is 132 Å². The number of esters is 1. The zero-order valence-electron chi connectivity index (χ0n) is 10.9. The highest BCUT2D eigenvalue weighted by Gasteiger charge is 2.13. The van der Waals surface area contributed by atoms with Crippen LogP contribution < -0.4 is 10.4 Å². The van der Waals surface area contributed by atoms with Gasteiger partial charge in [0.15, 0.2) is 11.3 Å². The number of thiophene rings is 1. The Kier molecular flexibility index (Phi) is 3.65. The van der Waals surface area contributed by atoms with Crippen LogP contribution in [0.1, 0.15) is 6.92 Å². The maximum absolute atomic E-state index is 12.2. The molecule has 106 valence electrons. The Morgan fingerprint density at radius 1 is 1.33 bits per heavy atom. The molecular formula is C15H9BrO4S. The first kappa shape index (κ1) is 14.0. The van der Waals surface area contributed by atoms with Gasteiger partial charge in [0.1, 0.15) is 0 Å². The first-order valence-electron chi connectivity index (χ1n) is 6.04. The summed E-state index contributed by atoms with van der Waals surface area (Å²) in [6.45, 7) is 1.30. The maximum Gasteiger partial charge on any atom is 0.345 e. The summed E-state index contributed by atoms with van der Waals surface area (Å²) in [4.78, 5) is 24.1. The van der Waals surface area contributed by atoms with E-state index >= 15 is 0 Å². The Bertz CT molecular complexity index is 894. The van der Waals surface area contributed by atoms with Crippen LogP contribution in [0.25, 0.3) is 21.4 Å². The summed E-state index contributed by atoms with van der Waals surface area (Å²) in [6, 6.07) is 8.74. The molecule has 0 aliphatic rings. The van der Waals surface area contributed by atoms with Crippen molar-refractivity contribution in [2.45, 2.75) is 6.92 Å². The minimum absolute atomic E-state index is 0.246. The topological polar surface area (TPSA) is 56.5 Å². The molecule has 0 amide bonds. The molecule has 6 heteroatoms. The first-order chi connectivity index (χ1) is 10.0. The van der Waals surface area contributed by atoms with Gasteiger partial charge in [0.05, 0.1) is 5.56 Å². The van der Waals surface area contributed by atoms with E-state index in [9.17, 15) is 9.59 Å². The molecule has 3 rings (SSSR count). The number of ether oxygens (including phenoxy) is 1. The molecule has 0 unspecified atom stereocenters. The lowest BCUT2D eigenvalue weighted by molar-refractivity contribution is -0.131. The Morgan fingerprint density at radius 2 is 2.14 bits per heavy atom. The molecule has 0 fully saturated rings. The van der Waals surface area contributed by atoms with Crippen LogP contribution >= 0.6 is 27.3 Å². The van der Waals surface area contributed by atoms with Crippen molar-refractivity contribution in [2.24, 2.45) is 0 Å². The molecule has 2 heterocycles. The quantitative estimate of drug-likeness (QED) is 0.388. The number of para-hydroxylation sites is 1. The number of carbonyl (C=O) groups is 1. The number of fused-ring (bicyclic) bond motifs is 1. The van der Waals surface area contributed by atoms with Crippen molar-refractivity contribution in [3.63, 3.8) is 0 Å². The normalized spacial score (nSPS) is 10.8. The summed E-state index contributed by atoms with van der Waals surface area (Å²) in [5.41, 5.74) is 0.298. The van der Waals surface area contributed by atoms with E-state index in [4.69, 9.17) is 9.15 Å². The van der Waals surface area contributed by atoms with Crippen molar-refractivity contribution < 1.29 is 13.9 Å². The van der Waals surface area contributed by atoms with Crippen LogP contribution in [0.4, 0.5) is 0 Å². The van der Waals surface area contributed by atoms with Crippen LogP contribution in [-0.4, -0.2) is 5.97 Å². The fraction of sp³-hybridized carbons (Fsp3) is 0.0667. The summed E-state index contributed by atoms with van der Waals surface area (Å²) < 4.78 is 11.3. The van der Waals surface area contributed by atoms with Gasteiger partial charge in [-0.1, -0.05) is 12.1 Å². The molecule has 0 N–H and O–H groups in total. The van der Waals surface area contributed by atoms with Gasteiger partial charge in [-0.05, 0) is 34.1 Å². The summed E-state index contributed by atoms with van der Waals surface area (Å²) in [7, 11) is 0. The van der Waals surface area contributed by atoms with Gasteiger partial charge >= 0.3 is 11.6 Å². The van der Waals surface area contributed by atoms with Crippen LogP contribution in [0.2, 0.25) is 0 Å². The second-order valence-electron chi connectivity index (χ2n) is 4.34. The van der Waals surface area contributed by atoms with Crippen LogP contribution in [0.15, 0.2) is 49.4 Å². The fourth-order valence-electron chi connectivity index (χ4n) is 1.98. The SMILES string of the molecule is CC(=O)Oc1cccc2cc(-c3cc(Br)cs3)c(=O)oc12. The maximum atomic E-state index is 12.2. The number of halogens is 1. The minimum atomic E-state index is -0.462. The van der Waals surface area contributed by atoms with Crippen molar-refractivity contribution in [3.05, 3.63) is 50.6 Å². The predicted molar refractivity (Wildman–Crippen MR) is 84.8 cm³/mol. The Balaban J connectivity index is 2.21. The van der Waals surface area contributed by atoms with E-state index in [0.29, 0.717) is 10.9 Å². The van der Waals surface area contributed by atoms with Crippen LogP contribution in [0, 0.1) is 0 Å². The molecule has 1 aromatic carbocycles. The predicted octanol–water partition coefficient (Wildman–Crippen LogP) is 4.21. The molecule has 21 heavy (non-hydrogen) atoms. The molecule has 0 radical (unpaired) electrons.